The van der Waals surface area contributed by atoms with E-state index in [-0.39, 0.29) is 0 Å². The maximum Gasteiger partial charge on any atom is 0.116 e. The minimum absolute atomic E-state index is 0.401. The molecule has 0 aromatic rings. The number of rotatable bonds is 6. The van der Waals surface area contributed by atoms with Crippen LogP contribution in [0.4, 0.5) is 0 Å². The molecule has 1 atom stereocenters. The quantitative estimate of drug-likeness (QED) is 0.771. The summed E-state index contributed by atoms with van der Waals surface area (Å²) in [4.78, 5) is 2.49. The van der Waals surface area contributed by atoms with E-state index in [4.69, 9.17) is 0 Å². The molecular weight excluding hydrogens is 210 g/mol. The second kappa shape index (κ2) is 6.98. The largest absolute Gasteiger partial charge is 0.299 e. The molecule has 0 spiro atoms. The van der Waals surface area contributed by atoms with Crippen LogP contribution < -0.4 is 5.32 Å². The number of likely N-dealkylation sites (N-methyl/N-ethyl adjacent to an activating group) is 2. The van der Waals surface area contributed by atoms with Crippen LogP contribution in [0.3, 0.4) is 0 Å². The molecule has 0 bridgehead atoms. The van der Waals surface area contributed by atoms with Crippen LogP contribution in [0.15, 0.2) is 0 Å². The summed E-state index contributed by atoms with van der Waals surface area (Å²) in [5, 5.41) is 12.6. The van der Waals surface area contributed by atoms with Gasteiger partial charge in [-0.05, 0) is 32.9 Å². The van der Waals surface area contributed by atoms with Crippen LogP contribution in [0.2, 0.25) is 0 Å². The van der Waals surface area contributed by atoms with E-state index in [0.29, 0.717) is 6.04 Å². The molecule has 1 unspecified atom stereocenters. The zero-order valence-corrected chi connectivity index (χ0v) is 11.6. The second-order valence-electron chi connectivity index (χ2n) is 5.33. The molecule has 1 rings (SSSR count). The molecular formula is C14H27N3. The van der Waals surface area contributed by atoms with Gasteiger partial charge in [-0.1, -0.05) is 33.1 Å². The molecule has 1 saturated carbocycles. The van der Waals surface area contributed by atoms with E-state index in [9.17, 15) is 5.26 Å². The Hall–Kier alpha value is -0.590. The second-order valence-corrected chi connectivity index (χ2v) is 5.33. The van der Waals surface area contributed by atoms with Crippen molar-refractivity contribution in [1.82, 2.24) is 10.2 Å². The monoisotopic (exact) mass is 237 g/mol. The van der Waals surface area contributed by atoms with E-state index in [1.54, 1.807) is 0 Å². The van der Waals surface area contributed by atoms with Gasteiger partial charge in [-0.2, -0.15) is 5.26 Å². The van der Waals surface area contributed by atoms with Gasteiger partial charge in [0.2, 0.25) is 0 Å². The van der Waals surface area contributed by atoms with Crippen molar-refractivity contribution in [3.63, 3.8) is 0 Å². The Labute approximate surface area is 106 Å². The Balaban J connectivity index is 2.58. The number of hydrogen-bond donors (Lipinski definition) is 1. The summed E-state index contributed by atoms with van der Waals surface area (Å²) in [6.45, 7) is 9.03. The summed E-state index contributed by atoms with van der Waals surface area (Å²) in [7, 11) is 0. The van der Waals surface area contributed by atoms with Gasteiger partial charge in [0.15, 0.2) is 0 Å². The first-order valence-electron chi connectivity index (χ1n) is 7.05. The summed E-state index contributed by atoms with van der Waals surface area (Å²) in [6.07, 6.45) is 6.71. The van der Waals surface area contributed by atoms with Gasteiger partial charge in [0.25, 0.3) is 0 Å². The summed E-state index contributed by atoms with van der Waals surface area (Å²) in [5.41, 5.74) is -0.401. The first kappa shape index (κ1) is 14.5. The lowest BCUT2D eigenvalue weighted by Crippen LogP contribution is -2.53. The molecule has 0 aliphatic heterocycles. The fourth-order valence-corrected chi connectivity index (χ4v) is 2.87. The lowest BCUT2D eigenvalue weighted by Gasteiger charge is -2.38. The Bertz CT molecular complexity index is 253. The normalized spacial score (nSPS) is 21.1. The predicted octanol–water partition coefficient (Wildman–Crippen LogP) is 2.53. The van der Waals surface area contributed by atoms with Crippen molar-refractivity contribution in [3.05, 3.63) is 0 Å². The average Bonchev–Trinajstić information content (AvgIpc) is 2.37. The van der Waals surface area contributed by atoms with Crippen LogP contribution in [-0.2, 0) is 0 Å². The predicted molar refractivity (Wildman–Crippen MR) is 71.8 cm³/mol. The molecule has 17 heavy (non-hydrogen) atoms. The highest BCUT2D eigenvalue weighted by Gasteiger charge is 2.29. The summed E-state index contributed by atoms with van der Waals surface area (Å²) < 4.78 is 0. The Kier molecular flexibility index (Phi) is 5.94. The van der Waals surface area contributed by atoms with Crippen molar-refractivity contribution < 1.29 is 0 Å². The van der Waals surface area contributed by atoms with Gasteiger partial charge in [0.05, 0.1) is 6.07 Å². The van der Waals surface area contributed by atoms with Crippen molar-refractivity contribution in [2.45, 2.75) is 64.5 Å². The zero-order chi connectivity index (χ0) is 12.7. The SMILES string of the molecule is CCNC(C)(C#N)CN(CC)C1CCCCC1. The van der Waals surface area contributed by atoms with Gasteiger partial charge in [-0.3, -0.25) is 10.2 Å². The van der Waals surface area contributed by atoms with E-state index in [2.05, 4.69) is 30.1 Å². The average molecular weight is 237 g/mol. The van der Waals surface area contributed by atoms with E-state index in [0.717, 1.165) is 19.6 Å². The van der Waals surface area contributed by atoms with Crippen molar-refractivity contribution >= 4 is 0 Å². The molecule has 3 heteroatoms. The van der Waals surface area contributed by atoms with Crippen LogP contribution in [0, 0.1) is 11.3 Å². The van der Waals surface area contributed by atoms with Gasteiger partial charge in [0.1, 0.15) is 5.54 Å². The first-order valence-corrected chi connectivity index (χ1v) is 7.05. The molecule has 1 aliphatic carbocycles. The highest BCUT2D eigenvalue weighted by Crippen LogP contribution is 2.23. The third-order valence-corrected chi connectivity index (χ3v) is 3.83. The molecule has 3 nitrogen and oxygen atoms in total. The number of nitrogens with one attached hydrogen (secondary N) is 1. The lowest BCUT2D eigenvalue weighted by atomic mass is 9.92. The Morgan fingerprint density at radius 2 is 1.94 bits per heavy atom. The van der Waals surface area contributed by atoms with Crippen LogP contribution in [-0.4, -0.2) is 36.1 Å². The first-order chi connectivity index (χ1) is 8.15. The molecule has 1 aliphatic rings. The van der Waals surface area contributed by atoms with E-state index < -0.39 is 5.54 Å². The molecule has 0 saturated heterocycles. The van der Waals surface area contributed by atoms with Gasteiger partial charge in [0, 0.05) is 12.6 Å². The highest BCUT2D eigenvalue weighted by molar-refractivity contribution is 5.06. The Morgan fingerprint density at radius 1 is 1.29 bits per heavy atom. The number of nitriles is 1. The van der Waals surface area contributed by atoms with E-state index in [1.807, 2.05) is 6.92 Å². The fourth-order valence-electron chi connectivity index (χ4n) is 2.87. The maximum absolute atomic E-state index is 9.32. The smallest absolute Gasteiger partial charge is 0.116 e. The Morgan fingerprint density at radius 3 is 2.41 bits per heavy atom. The van der Waals surface area contributed by atoms with Crippen molar-refractivity contribution in [2.24, 2.45) is 0 Å². The van der Waals surface area contributed by atoms with Crippen molar-refractivity contribution in [3.8, 4) is 6.07 Å². The van der Waals surface area contributed by atoms with Gasteiger partial charge in [-0.15, -0.1) is 0 Å². The molecule has 0 aromatic carbocycles. The van der Waals surface area contributed by atoms with E-state index >= 15 is 0 Å². The molecule has 0 aromatic heterocycles. The molecule has 0 amide bonds. The van der Waals surface area contributed by atoms with Crippen LogP contribution in [0.1, 0.15) is 52.9 Å². The summed E-state index contributed by atoms with van der Waals surface area (Å²) in [6, 6.07) is 3.12. The van der Waals surface area contributed by atoms with Gasteiger partial charge >= 0.3 is 0 Å². The van der Waals surface area contributed by atoms with Gasteiger partial charge < -0.3 is 0 Å². The maximum atomic E-state index is 9.32. The molecule has 1 fully saturated rings. The highest BCUT2D eigenvalue weighted by atomic mass is 15.2. The lowest BCUT2D eigenvalue weighted by molar-refractivity contribution is 0.136. The van der Waals surface area contributed by atoms with Crippen LogP contribution >= 0.6 is 0 Å². The third-order valence-electron chi connectivity index (χ3n) is 3.83. The van der Waals surface area contributed by atoms with Crippen molar-refractivity contribution in [1.29, 1.82) is 5.26 Å². The topological polar surface area (TPSA) is 39.1 Å². The summed E-state index contributed by atoms with van der Waals surface area (Å²) in [5.74, 6) is 0. The van der Waals surface area contributed by atoms with Crippen LogP contribution in [0.5, 0.6) is 0 Å². The molecule has 0 radical (unpaired) electrons. The molecule has 0 heterocycles. The summed E-state index contributed by atoms with van der Waals surface area (Å²) >= 11 is 0. The van der Waals surface area contributed by atoms with Gasteiger partial charge in [-0.25, -0.2) is 0 Å². The van der Waals surface area contributed by atoms with E-state index in [1.165, 1.54) is 32.1 Å². The number of hydrogen-bond acceptors (Lipinski definition) is 3. The fraction of sp³-hybridized carbons (Fsp3) is 0.929. The molecule has 98 valence electrons. The molecule has 1 N–H and O–H groups in total. The van der Waals surface area contributed by atoms with Crippen molar-refractivity contribution in [2.75, 3.05) is 19.6 Å². The zero-order valence-electron chi connectivity index (χ0n) is 11.6. The minimum Gasteiger partial charge on any atom is -0.299 e. The third kappa shape index (κ3) is 4.29. The number of nitrogens with zero attached hydrogens (tertiary/aromatic N) is 2. The standard InChI is InChI=1S/C14H27N3/c1-4-16-14(3,11-15)12-17(5-2)13-9-7-6-8-10-13/h13,16H,4-10,12H2,1-3H3. The minimum atomic E-state index is -0.401. The van der Waals surface area contributed by atoms with Crippen LogP contribution in [0.25, 0.3) is 0 Å².